The summed E-state index contributed by atoms with van der Waals surface area (Å²) >= 11 is 1.52. The van der Waals surface area contributed by atoms with Crippen molar-refractivity contribution in [3.05, 3.63) is 70.9 Å². The van der Waals surface area contributed by atoms with Crippen LogP contribution in [0, 0.1) is 0 Å². The number of hydrogen-bond donors (Lipinski definition) is 1. The van der Waals surface area contributed by atoms with E-state index in [1.165, 1.54) is 28.8 Å². The maximum absolute atomic E-state index is 14.0. The van der Waals surface area contributed by atoms with E-state index in [9.17, 15) is 9.59 Å². The third kappa shape index (κ3) is 5.47. The van der Waals surface area contributed by atoms with Crippen LogP contribution in [-0.2, 0) is 23.1 Å². The topological polar surface area (TPSA) is 107 Å². The summed E-state index contributed by atoms with van der Waals surface area (Å²) in [6.45, 7) is 0. The Labute approximate surface area is 225 Å². The minimum atomic E-state index is -0.868. The summed E-state index contributed by atoms with van der Waals surface area (Å²) in [6.07, 6.45) is 8.81. The van der Waals surface area contributed by atoms with Gasteiger partial charge in [-0.05, 0) is 59.0 Å². The van der Waals surface area contributed by atoms with E-state index in [4.69, 9.17) is 4.74 Å². The van der Waals surface area contributed by atoms with E-state index in [0.717, 1.165) is 36.3 Å². The number of hydrogen-bond acceptors (Lipinski definition) is 7. The van der Waals surface area contributed by atoms with Crippen molar-refractivity contribution in [2.75, 3.05) is 12.0 Å². The summed E-state index contributed by atoms with van der Waals surface area (Å²) in [5, 5.41) is 16.6. The molecule has 1 aliphatic carbocycles. The molecule has 38 heavy (non-hydrogen) atoms. The van der Waals surface area contributed by atoms with Gasteiger partial charge in [0.05, 0.1) is 19.2 Å². The number of benzene rings is 1. The fraction of sp³-hybridized carbons (Fsp3) is 0.370. The largest absolute Gasteiger partial charge is 0.494 e. The summed E-state index contributed by atoms with van der Waals surface area (Å²) in [7, 11) is 3.44. The van der Waals surface area contributed by atoms with Gasteiger partial charge in [-0.2, -0.15) is 4.68 Å². The van der Waals surface area contributed by atoms with Crippen LogP contribution in [0.5, 0.6) is 5.75 Å². The molecule has 1 fully saturated rings. The van der Waals surface area contributed by atoms with Crippen molar-refractivity contribution in [3.63, 3.8) is 0 Å². The van der Waals surface area contributed by atoms with E-state index in [-0.39, 0.29) is 24.3 Å². The van der Waals surface area contributed by atoms with Gasteiger partial charge in [0.15, 0.2) is 6.04 Å². The first kappa shape index (κ1) is 25.7. The van der Waals surface area contributed by atoms with Gasteiger partial charge in [-0.1, -0.05) is 25.3 Å². The van der Waals surface area contributed by atoms with Crippen LogP contribution in [0.3, 0.4) is 0 Å². The molecule has 0 unspecified atom stereocenters. The maximum Gasteiger partial charge on any atom is 0.249 e. The molecule has 2 amide bonds. The number of ether oxygens (including phenoxy) is 1. The molecule has 3 aromatic heterocycles. The molecule has 1 N–H and O–H groups in total. The number of nitrogens with one attached hydrogen (secondary N) is 1. The predicted octanol–water partition coefficient (Wildman–Crippen LogP) is 3.84. The number of amides is 2. The molecule has 198 valence electrons. The highest BCUT2D eigenvalue weighted by molar-refractivity contribution is 7.10. The average Bonchev–Trinajstić information content (AvgIpc) is 3.71. The summed E-state index contributed by atoms with van der Waals surface area (Å²) in [4.78, 5) is 30.6. The van der Waals surface area contributed by atoms with Crippen LogP contribution >= 0.6 is 11.3 Å². The molecule has 0 saturated heterocycles. The molecule has 0 spiro atoms. The van der Waals surface area contributed by atoms with Crippen molar-refractivity contribution < 1.29 is 14.3 Å². The van der Waals surface area contributed by atoms with Crippen LogP contribution in [0.2, 0.25) is 0 Å². The second-order valence-electron chi connectivity index (χ2n) is 9.42. The van der Waals surface area contributed by atoms with Crippen LogP contribution in [0.25, 0.3) is 5.69 Å². The predicted molar refractivity (Wildman–Crippen MR) is 144 cm³/mol. The van der Waals surface area contributed by atoms with E-state index >= 15 is 0 Å². The van der Waals surface area contributed by atoms with E-state index in [2.05, 4.69) is 20.8 Å². The highest BCUT2D eigenvalue weighted by atomic mass is 32.1. The second kappa shape index (κ2) is 11.6. The summed E-state index contributed by atoms with van der Waals surface area (Å²) in [6, 6.07) is 12.2. The number of thiophene rings is 1. The summed E-state index contributed by atoms with van der Waals surface area (Å²) in [5.41, 5.74) is 1.89. The Bertz CT molecular complexity index is 1360. The standard InChI is InChI=1S/C27H31N7O3S/c1-32-14-6-11-23(32)26(27(36)29-19-8-4-3-5-9-19)34(25(35)17-21-10-7-15-38-21)20-12-13-22(24(16-20)37-2)33-18-28-30-31-33/h6-7,10-16,18-19,26H,3-5,8-9,17H2,1-2H3,(H,29,36)/t26-/m0/s1. The second-order valence-corrected chi connectivity index (χ2v) is 10.5. The number of carbonyl (C=O) groups is 2. The number of tetrazole rings is 1. The Kier molecular flexibility index (Phi) is 7.83. The van der Waals surface area contributed by atoms with Crippen LogP contribution in [0.15, 0.2) is 60.4 Å². The fourth-order valence-electron chi connectivity index (χ4n) is 5.03. The molecular formula is C27H31N7O3S. The van der Waals surface area contributed by atoms with Crippen molar-refractivity contribution in [1.82, 2.24) is 30.1 Å². The van der Waals surface area contributed by atoms with Gasteiger partial charge in [-0.25, -0.2) is 0 Å². The molecule has 1 aliphatic rings. The number of nitrogens with zero attached hydrogens (tertiary/aromatic N) is 6. The van der Waals surface area contributed by atoms with Gasteiger partial charge in [-0.3, -0.25) is 14.5 Å². The first-order valence-corrected chi connectivity index (χ1v) is 13.6. The van der Waals surface area contributed by atoms with Crippen LogP contribution in [0.4, 0.5) is 5.69 Å². The van der Waals surface area contributed by atoms with Crippen molar-refractivity contribution in [1.29, 1.82) is 0 Å². The lowest BCUT2D eigenvalue weighted by molar-refractivity contribution is -0.127. The molecule has 1 saturated carbocycles. The smallest absolute Gasteiger partial charge is 0.249 e. The number of anilines is 1. The molecule has 10 nitrogen and oxygen atoms in total. The Balaban J connectivity index is 1.58. The fourth-order valence-corrected chi connectivity index (χ4v) is 5.73. The number of carbonyl (C=O) groups excluding carboxylic acids is 2. The molecule has 3 heterocycles. The summed E-state index contributed by atoms with van der Waals surface area (Å²) in [5.74, 6) is 0.0958. The lowest BCUT2D eigenvalue weighted by Gasteiger charge is -2.34. The normalized spacial score (nSPS) is 14.7. The monoisotopic (exact) mass is 533 g/mol. The average molecular weight is 534 g/mol. The maximum atomic E-state index is 14.0. The molecule has 0 aliphatic heterocycles. The lowest BCUT2D eigenvalue weighted by atomic mass is 9.95. The van der Waals surface area contributed by atoms with Crippen molar-refractivity contribution in [2.45, 2.75) is 50.6 Å². The highest BCUT2D eigenvalue weighted by Gasteiger charge is 2.36. The van der Waals surface area contributed by atoms with Crippen LogP contribution < -0.4 is 15.0 Å². The van der Waals surface area contributed by atoms with Gasteiger partial charge >= 0.3 is 0 Å². The molecule has 5 rings (SSSR count). The van der Waals surface area contributed by atoms with Crippen LogP contribution in [-0.4, -0.2) is 49.7 Å². The summed E-state index contributed by atoms with van der Waals surface area (Å²) < 4.78 is 9.05. The molecule has 1 aromatic carbocycles. The quantitative estimate of drug-likeness (QED) is 0.350. The first-order chi connectivity index (χ1) is 18.5. The van der Waals surface area contributed by atoms with Gasteiger partial charge in [0, 0.05) is 35.9 Å². The Morgan fingerprint density at radius 2 is 2.03 bits per heavy atom. The number of rotatable bonds is 9. The van der Waals surface area contributed by atoms with E-state index in [1.54, 1.807) is 30.2 Å². The zero-order valence-corrected chi connectivity index (χ0v) is 22.3. The van der Waals surface area contributed by atoms with Crippen molar-refractivity contribution in [3.8, 4) is 11.4 Å². The van der Waals surface area contributed by atoms with Crippen molar-refractivity contribution in [2.24, 2.45) is 7.05 Å². The Morgan fingerprint density at radius 1 is 1.18 bits per heavy atom. The first-order valence-electron chi connectivity index (χ1n) is 12.7. The van der Waals surface area contributed by atoms with E-state index in [1.807, 2.05) is 47.5 Å². The van der Waals surface area contributed by atoms with Gasteiger partial charge < -0.3 is 14.6 Å². The van der Waals surface area contributed by atoms with Crippen molar-refractivity contribution >= 4 is 28.8 Å². The molecule has 11 heteroatoms. The zero-order chi connectivity index (χ0) is 26.5. The number of aromatic nitrogens is 5. The third-order valence-corrected chi connectivity index (χ3v) is 7.81. The van der Waals surface area contributed by atoms with Crippen LogP contribution in [0.1, 0.15) is 48.7 Å². The Hall–Kier alpha value is -3.99. The van der Waals surface area contributed by atoms with Gasteiger partial charge in [0.25, 0.3) is 0 Å². The highest BCUT2D eigenvalue weighted by Crippen LogP contribution is 2.34. The third-order valence-electron chi connectivity index (χ3n) is 6.93. The minimum absolute atomic E-state index is 0.102. The van der Waals surface area contributed by atoms with E-state index in [0.29, 0.717) is 17.1 Å². The SMILES string of the molecule is COc1cc(N(C(=O)Cc2cccs2)[C@H](C(=O)NC2CCCCC2)c2cccn2C)ccc1-n1cnnn1. The molecular weight excluding hydrogens is 502 g/mol. The molecule has 0 bridgehead atoms. The van der Waals surface area contributed by atoms with E-state index < -0.39 is 6.04 Å². The minimum Gasteiger partial charge on any atom is -0.494 e. The molecule has 1 atom stereocenters. The Morgan fingerprint density at radius 3 is 2.68 bits per heavy atom. The zero-order valence-electron chi connectivity index (χ0n) is 21.5. The van der Waals surface area contributed by atoms with Gasteiger partial charge in [-0.15, -0.1) is 16.4 Å². The molecule has 4 aromatic rings. The lowest BCUT2D eigenvalue weighted by Crippen LogP contribution is -2.48. The van der Waals surface area contributed by atoms with Gasteiger partial charge in [0.2, 0.25) is 11.8 Å². The van der Waals surface area contributed by atoms with Gasteiger partial charge in [0.1, 0.15) is 17.8 Å². The molecule has 0 radical (unpaired) electrons. The number of methoxy groups -OCH3 is 1. The number of aryl methyl sites for hydroxylation is 1.